The highest BCUT2D eigenvalue weighted by molar-refractivity contribution is 5.83. The second kappa shape index (κ2) is 6.75. The van der Waals surface area contributed by atoms with Crippen LogP contribution in [-0.4, -0.2) is 25.9 Å². The summed E-state index contributed by atoms with van der Waals surface area (Å²) in [5, 5.41) is 10.0. The Bertz CT molecular complexity index is 804. The van der Waals surface area contributed by atoms with Crippen molar-refractivity contribution < 1.29 is 19.0 Å². The van der Waals surface area contributed by atoms with E-state index >= 15 is 0 Å². The molecule has 1 N–H and O–H groups in total. The predicted molar refractivity (Wildman–Crippen MR) is 90.2 cm³/mol. The zero-order valence-corrected chi connectivity index (χ0v) is 13.3. The van der Waals surface area contributed by atoms with Gasteiger partial charge >= 0.3 is 0 Å². The van der Waals surface area contributed by atoms with E-state index in [0.29, 0.717) is 11.5 Å². The Hall–Kier alpha value is -2.46. The number of hydrogen-bond donors (Lipinski definition) is 1. The molecular formula is C19H20O4. The van der Waals surface area contributed by atoms with E-state index in [2.05, 4.69) is 6.07 Å². The molecule has 0 amide bonds. The van der Waals surface area contributed by atoms with Gasteiger partial charge in [0.25, 0.3) is 0 Å². The highest BCUT2D eigenvalue weighted by Crippen LogP contribution is 2.35. The van der Waals surface area contributed by atoms with Crippen LogP contribution >= 0.6 is 0 Å². The molecule has 4 heteroatoms. The Balaban J connectivity index is 1.96. The average Bonchev–Trinajstić information content (AvgIpc) is 3.02. The lowest BCUT2D eigenvalue weighted by Gasteiger charge is -2.08. The first-order valence-electron chi connectivity index (χ1n) is 7.61. The van der Waals surface area contributed by atoms with Crippen molar-refractivity contribution in [3.8, 4) is 22.8 Å². The molecule has 120 valence electrons. The molecule has 1 aromatic heterocycles. The molecule has 0 radical (unpaired) electrons. The average molecular weight is 312 g/mol. The van der Waals surface area contributed by atoms with Crippen LogP contribution in [0, 0.1) is 0 Å². The minimum atomic E-state index is 0.209. The quantitative estimate of drug-likeness (QED) is 0.746. The predicted octanol–water partition coefficient (Wildman–Crippen LogP) is 4.04. The maximum absolute atomic E-state index is 8.95. The summed E-state index contributed by atoms with van der Waals surface area (Å²) in [7, 11) is 3.24. The van der Waals surface area contributed by atoms with Crippen molar-refractivity contribution >= 4 is 11.0 Å². The van der Waals surface area contributed by atoms with E-state index in [0.717, 1.165) is 35.1 Å². The molecule has 0 unspecified atom stereocenters. The summed E-state index contributed by atoms with van der Waals surface area (Å²) in [6, 6.07) is 13.9. The third kappa shape index (κ3) is 3.17. The molecule has 0 aliphatic heterocycles. The second-order valence-electron chi connectivity index (χ2n) is 5.38. The lowest BCUT2D eigenvalue weighted by atomic mass is 10.1. The van der Waals surface area contributed by atoms with Gasteiger partial charge in [0.1, 0.15) is 11.3 Å². The number of methoxy groups -OCH3 is 2. The number of hydrogen-bond acceptors (Lipinski definition) is 4. The first-order chi connectivity index (χ1) is 11.2. The van der Waals surface area contributed by atoms with Gasteiger partial charge in [-0.2, -0.15) is 0 Å². The van der Waals surface area contributed by atoms with Crippen molar-refractivity contribution in [2.45, 2.75) is 12.8 Å². The number of aryl methyl sites for hydroxylation is 1. The SMILES string of the molecule is COc1ccc(-c2cc3cc(CCCO)ccc3o2)cc1OC. The highest BCUT2D eigenvalue weighted by Gasteiger charge is 2.10. The fourth-order valence-corrected chi connectivity index (χ4v) is 2.66. The number of aliphatic hydroxyl groups excluding tert-OH is 1. The van der Waals surface area contributed by atoms with E-state index in [1.165, 1.54) is 5.56 Å². The molecule has 2 aromatic carbocycles. The van der Waals surface area contributed by atoms with E-state index in [1.54, 1.807) is 14.2 Å². The van der Waals surface area contributed by atoms with Gasteiger partial charge in [0.05, 0.1) is 14.2 Å². The largest absolute Gasteiger partial charge is 0.493 e. The summed E-state index contributed by atoms with van der Waals surface area (Å²) in [5.41, 5.74) is 2.99. The van der Waals surface area contributed by atoms with Crippen LogP contribution < -0.4 is 9.47 Å². The molecule has 4 nitrogen and oxygen atoms in total. The molecule has 0 saturated heterocycles. The Morgan fingerprint density at radius 2 is 1.78 bits per heavy atom. The number of benzene rings is 2. The molecule has 0 bridgehead atoms. The fourth-order valence-electron chi connectivity index (χ4n) is 2.66. The fraction of sp³-hybridized carbons (Fsp3) is 0.263. The summed E-state index contributed by atoms with van der Waals surface area (Å²) >= 11 is 0. The van der Waals surface area contributed by atoms with Crippen molar-refractivity contribution in [2.75, 3.05) is 20.8 Å². The number of fused-ring (bicyclic) bond motifs is 1. The van der Waals surface area contributed by atoms with E-state index in [4.69, 9.17) is 19.0 Å². The van der Waals surface area contributed by atoms with Crippen LogP contribution in [0.2, 0.25) is 0 Å². The van der Waals surface area contributed by atoms with Gasteiger partial charge in [0.2, 0.25) is 0 Å². The first kappa shape index (κ1) is 15.4. The van der Waals surface area contributed by atoms with E-state index < -0.39 is 0 Å². The van der Waals surface area contributed by atoms with Gasteiger partial charge < -0.3 is 19.0 Å². The van der Waals surface area contributed by atoms with Crippen LogP contribution in [0.5, 0.6) is 11.5 Å². The van der Waals surface area contributed by atoms with Crippen LogP contribution in [0.3, 0.4) is 0 Å². The smallest absolute Gasteiger partial charge is 0.161 e. The van der Waals surface area contributed by atoms with Crippen LogP contribution in [0.4, 0.5) is 0 Å². The molecular weight excluding hydrogens is 292 g/mol. The first-order valence-corrected chi connectivity index (χ1v) is 7.61. The summed E-state index contributed by atoms with van der Waals surface area (Å²) in [5.74, 6) is 2.16. The minimum Gasteiger partial charge on any atom is -0.493 e. The van der Waals surface area contributed by atoms with Gasteiger partial charge in [-0.25, -0.2) is 0 Å². The zero-order chi connectivity index (χ0) is 16.2. The third-order valence-corrected chi connectivity index (χ3v) is 3.87. The summed E-state index contributed by atoms with van der Waals surface area (Å²) in [6.45, 7) is 0.209. The van der Waals surface area contributed by atoms with Gasteiger partial charge in [-0.3, -0.25) is 0 Å². The Morgan fingerprint density at radius 3 is 2.52 bits per heavy atom. The number of aliphatic hydroxyl groups is 1. The maximum atomic E-state index is 8.95. The lowest BCUT2D eigenvalue weighted by Crippen LogP contribution is -1.90. The van der Waals surface area contributed by atoms with E-state index in [9.17, 15) is 0 Å². The van der Waals surface area contributed by atoms with Crippen molar-refractivity contribution in [1.82, 2.24) is 0 Å². The molecule has 0 atom stereocenters. The molecule has 23 heavy (non-hydrogen) atoms. The summed E-state index contributed by atoms with van der Waals surface area (Å²) < 4.78 is 16.5. The van der Waals surface area contributed by atoms with Crippen LogP contribution in [0.25, 0.3) is 22.3 Å². The monoisotopic (exact) mass is 312 g/mol. The maximum Gasteiger partial charge on any atom is 0.161 e. The van der Waals surface area contributed by atoms with E-state index in [-0.39, 0.29) is 6.61 Å². The van der Waals surface area contributed by atoms with Crippen molar-refractivity contribution in [3.05, 3.63) is 48.0 Å². The Kier molecular flexibility index (Phi) is 4.53. The van der Waals surface area contributed by atoms with Crippen molar-refractivity contribution in [2.24, 2.45) is 0 Å². The highest BCUT2D eigenvalue weighted by atomic mass is 16.5. The van der Waals surface area contributed by atoms with Gasteiger partial charge in [-0.1, -0.05) is 6.07 Å². The molecule has 0 fully saturated rings. The molecule has 0 saturated carbocycles. The third-order valence-electron chi connectivity index (χ3n) is 3.87. The van der Waals surface area contributed by atoms with Crippen LogP contribution in [0.1, 0.15) is 12.0 Å². The van der Waals surface area contributed by atoms with Gasteiger partial charge in [0.15, 0.2) is 11.5 Å². The van der Waals surface area contributed by atoms with Crippen LogP contribution in [0.15, 0.2) is 46.9 Å². The van der Waals surface area contributed by atoms with Crippen molar-refractivity contribution in [3.63, 3.8) is 0 Å². The molecule has 0 aliphatic rings. The lowest BCUT2D eigenvalue weighted by molar-refractivity contribution is 0.288. The zero-order valence-electron chi connectivity index (χ0n) is 13.3. The molecule has 3 aromatic rings. The van der Waals surface area contributed by atoms with Crippen LogP contribution in [-0.2, 0) is 6.42 Å². The summed E-state index contributed by atoms with van der Waals surface area (Å²) in [4.78, 5) is 0. The number of ether oxygens (including phenoxy) is 2. The van der Waals surface area contributed by atoms with Crippen molar-refractivity contribution in [1.29, 1.82) is 0 Å². The molecule has 1 heterocycles. The van der Waals surface area contributed by atoms with Gasteiger partial charge in [-0.15, -0.1) is 0 Å². The molecule has 0 spiro atoms. The van der Waals surface area contributed by atoms with Gasteiger partial charge in [-0.05, 0) is 54.8 Å². The Labute approximate surface area is 135 Å². The van der Waals surface area contributed by atoms with E-state index in [1.807, 2.05) is 36.4 Å². The normalized spacial score (nSPS) is 10.9. The topological polar surface area (TPSA) is 51.8 Å². The minimum absolute atomic E-state index is 0.209. The Morgan fingerprint density at radius 1 is 0.957 bits per heavy atom. The number of furan rings is 1. The van der Waals surface area contributed by atoms with Gasteiger partial charge in [0, 0.05) is 17.6 Å². The second-order valence-corrected chi connectivity index (χ2v) is 5.38. The number of rotatable bonds is 6. The standard InChI is InChI=1S/C19H20O4/c1-21-17-8-6-14(11-19(17)22-2)18-12-15-10-13(4-3-9-20)5-7-16(15)23-18/h5-8,10-12,20H,3-4,9H2,1-2H3. The molecule has 3 rings (SSSR count). The molecule has 0 aliphatic carbocycles. The summed E-state index contributed by atoms with van der Waals surface area (Å²) in [6.07, 6.45) is 1.63.